The van der Waals surface area contributed by atoms with Gasteiger partial charge in [-0.3, -0.25) is 10.1 Å². The van der Waals surface area contributed by atoms with E-state index in [0.717, 1.165) is 19.3 Å². The second kappa shape index (κ2) is 7.78. The Labute approximate surface area is 123 Å². The monoisotopic (exact) mass is 298 g/mol. The van der Waals surface area contributed by atoms with Gasteiger partial charge in [0, 0.05) is 31.3 Å². The van der Waals surface area contributed by atoms with Crippen LogP contribution in [0.1, 0.15) is 33.1 Å². The number of carbonyl (C=O) groups is 3. The molecule has 0 aromatic heterocycles. The summed E-state index contributed by atoms with van der Waals surface area (Å²) in [5.74, 6) is -1.88. The minimum absolute atomic E-state index is 0.0120. The summed E-state index contributed by atoms with van der Waals surface area (Å²) in [6.07, 6.45) is 2.98. The Bertz CT molecular complexity index is 452. The molecule has 2 N–H and O–H groups in total. The van der Waals surface area contributed by atoms with Crippen LogP contribution in [0.4, 0.5) is 4.79 Å². The molecule has 1 heterocycles. The molecule has 0 aliphatic carbocycles. The number of hydrogen-bond acceptors (Lipinski definition) is 4. The van der Waals surface area contributed by atoms with Gasteiger partial charge in [0.05, 0.1) is 6.10 Å². The minimum Gasteiger partial charge on any atom is -0.478 e. The van der Waals surface area contributed by atoms with Crippen LogP contribution in [0.15, 0.2) is 11.1 Å². The second-order valence-corrected chi connectivity index (χ2v) is 5.18. The van der Waals surface area contributed by atoms with Crippen LogP contribution in [0, 0.1) is 0 Å². The molecule has 1 atom stereocenters. The number of urea groups is 1. The summed E-state index contributed by atoms with van der Waals surface area (Å²) in [5.41, 5.74) is -0.0725. The van der Waals surface area contributed by atoms with Gasteiger partial charge in [0.1, 0.15) is 0 Å². The second-order valence-electron chi connectivity index (χ2n) is 5.18. The number of amides is 3. The van der Waals surface area contributed by atoms with Crippen LogP contribution in [0.25, 0.3) is 0 Å². The predicted octanol–water partition coefficient (Wildman–Crippen LogP) is 1.14. The topological polar surface area (TPSA) is 95.9 Å². The van der Waals surface area contributed by atoms with E-state index in [9.17, 15) is 14.4 Å². The van der Waals surface area contributed by atoms with Crippen molar-refractivity contribution < 1.29 is 24.2 Å². The van der Waals surface area contributed by atoms with E-state index in [4.69, 9.17) is 9.84 Å². The van der Waals surface area contributed by atoms with Gasteiger partial charge in [-0.25, -0.2) is 9.59 Å². The molecule has 1 rings (SSSR count). The number of carboxylic acid groups (broad SMARTS) is 1. The van der Waals surface area contributed by atoms with Gasteiger partial charge in [-0.05, 0) is 33.1 Å². The largest absolute Gasteiger partial charge is 0.478 e. The van der Waals surface area contributed by atoms with Crippen molar-refractivity contribution in [2.45, 2.75) is 39.2 Å². The molecular weight excluding hydrogens is 276 g/mol. The van der Waals surface area contributed by atoms with E-state index in [-0.39, 0.29) is 17.3 Å². The van der Waals surface area contributed by atoms with Crippen LogP contribution in [0.2, 0.25) is 0 Å². The van der Waals surface area contributed by atoms with Crippen molar-refractivity contribution in [3.05, 3.63) is 11.1 Å². The molecule has 1 unspecified atom stereocenters. The van der Waals surface area contributed by atoms with Gasteiger partial charge < -0.3 is 14.7 Å². The molecule has 0 radical (unpaired) electrons. The third kappa shape index (κ3) is 5.18. The quantitative estimate of drug-likeness (QED) is 0.759. The third-order valence-corrected chi connectivity index (χ3v) is 3.54. The number of nitrogens with one attached hydrogen (secondary N) is 1. The maximum Gasteiger partial charge on any atom is 0.331 e. The molecule has 1 saturated heterocycles. The van der Waals surface area contributed by atoms with Gasteiger partial charge in [-0.15, -0.1) is 0 Å². The number of ether oxygens (including phenoxy) is 1. The van der Waals surface area contributed by atoms with E-state index in [2.05, 4.69) is 5.32 Å². The van der Waals surface area contributed by atoms with Crippen molar-refractivity contribution >= 4 is 17.9 Å². The fourth-order valence-corrected chi connectivity index (χ4v) is 1.96. The van der Waals surface area contributed by atoms with Crippen LogP contribution in [-0.2, 0) is 14.3 Å². The summed E-state index contributed by atoms with van der Waals surface area (Å²) >= 11 is 0. The highest BCUT2D eigenvalue weighted by Gasteiger charge is 2.21. The van der Waals surface area contributed by atoms with Crippen molar-refractivity contribution in [2.75, 3.05) is 20.2 Å². The average molecular weight is 298 g/mol. The molecule has 0 spiro atoms. The van der Waals surface area contributed by atoms with Crippen LogP contribution in [0.3, 0.4) is 0 Å². The third-order valence-electron chi connectivity index (χ3n) is 3.54. The molecule has 1 aliphatic heterocycles. The molecule has 1 fully saturated rings. The van der Waals surface area contributed by atoms with Gasteiger partial charge in [-0.2, -0.15) is 0 Å². The summed E-state index contributed by atoms with van der Waals surface area (Å²) in [6, 6.07) is -0.563. The maximum absolute atomic E-state index is 11.9. The van der Waals surface area contributed by atoms with Gasteiger partial charge in [0.2, 0.25) is 0 Å². The minimum atomic E-state index is -1.18. The zero-order chi connectivity index (χ0) is 16.0. The molecule has 21 heavy (non-hydrogen) atoms. The van der Waals surface area contributed by atoms with Gasteiger partial charge in [0.25, 0.3) is 5.91 Å². The lowest BCUT2D eigenvalue weighted by molar-refractivity contribution is -0.133. The predicted molar refractivity (Wildman–Crippen MR) is 75.8 cm³/mol. The number of nitrogens with zero attached hydrogens (tertiary/aromatic N) is 1. The van der Waals surface area contributed by atoms with Crippen molar-refractivity contribution in [3.8, 4) is 0 Å². The molecule has 3 amide bonds. The molecule has 0 aromatic carbocycles. The maximum atomic E-state index is 11.9. The Morgan fingerprint density at radius 2 is 1.90 bits per heavy atom. The van der Waals surface area contributed by atoms with E-state index in [0.29, 0.717) is 13.2 Å². The van der Waals surface area contributed by atoms with E-state index < -0.39 is 17.9 Å². The number of rotatable bonds is 4. The fourth-order valence-electron chi connectivity index (χ4n) is 1.96. The summed E-state index contributed by atoms with van der Waals surface area (Å²) < 4.78 is 5.53. The lowest BCUT2D eigenvalue weighted by atomic mass is 10.1. The highest BCUT2D eigenvalue weighted by Crippen LogP contribution is 2.13. The first-order chi connectivity index (χ1) is 9.82. The van der Waals surface area contributed by atoms with E-state index in [1.54, 1.807) is 7.05 Å². The number of likely N-dealkylation sites (N-methyl/N-ethyl adjacent to an activating group) is 1. The summed E-state index contributed by atoms with van der Waals surface area (Å²) in [4.78, 5) is 35.8. The Hall–Kier alpha value is -1.89. The highest BCUT2D eigenvalue weighted by atomic mass is 16.5. The molecule has 1 aliphatic rings. The van der Waals surface area contributed by atoms with Crippen LogP contribution in [0.5, 0.6) is 0 Å². The van der Waals surface area contributed by atoms with Gasteiger partial charge in [-0.1, -0.05) is 0 Å². The Morgan fingerprint density at radius 3 is 2.43 bits per heavy atom. The van der Waals surface area contributed by atoms with E-state index >= 15 is 0 Å². The van der Waals surface area contributed by atoms with E-state index in [1.807, 2.05) is 0 Å². The van der Waals surface area contributed by atoms with Crippen molar-refractivity contribution in [1.82, 2.24) is 10.2 Å². The highest BCUT2D eigenvalue weighted by molar-refractivity contribution is 6.07. The van der Waals surface area contributed by atoms with Crippen LogP contribution < -0.4 is 5.32 Å². The van der Waals surface area contributed by atoms with Crippen LogP contribution in [-0.4, -0.2) is 54.2 Å². The molecular formula is C14H22N2O5. The fraction of sp³-hybridized carbons (Fsp3) is 0.643. The number of carboxylic acids is 1. The van der Waals surface area contributed by atoms with E-state index in [1.165, 1.54) is 18.7 Å². The number of carbonyl (C=O) groups excluding carboxylic acids is 2. The first-order valence-electron chi connectivity index (χ1n) is 6.91. The molecule has 0 aromatic rings. The first-order valence-corrected chi connectivity index (χ1v) is 6.91. The smallest absolute Gasteiger partial charge is 0.331 e. The number of hydrogen-bond donors (Lipinski definition) is 2. The number of imide groups is 1. The van der Waals surface area contributed by atoms with Gasteiger partial charge in [0.15, 0.2) is 0 Å². The molecule has 0 saturated carbocycles. The lowest BCUT2D eigenvalue weighted by Gasteiger charge is -2.27. The molecule has 0 bridgehead atoms. The Balaban J connectivity index is 2.53. The van der Waals surface area contributed by atoms with Crippen molar-refractivity contribution in [1.29, 1.82) is 0 Å². The summed E-state index contributed by atoms with van der Waals surface area (Å²) in [7, 11) is 1.57. The normalized spacial score (nSPS) is 19.5. The van der Waals surface area contributed by atoms with Crippen LogP contribution >= 0.6 is 0 Å². The zero-order valence-electron chi connectivity index (χ0n) is 12.6. The molecule has 7 nitrogen and oxygen atoms in total. The number of aliphatic carboxylic acids is 1. The van der Waals surface area contributed by atoms with Crippen molar-refractivity contribution in [2.24, 2.45) is 0 Å². The summed E-state index contributed by atoms with van der Waals surface area (Å²) in [6.45, 7) is 3.79. The SMILES string of the molecule is CC(C(=O)O)=C(C)C(=O)NC(=O)N(C)CC1CCCCO1. The standard InChI is InChI=1S/C14H22N2O5/c1-9(10(2)13(18)19)12(17)15-14(20)16(3)8-11-6-4-5-7-21-11/h11H,4-8H2,1-3H3,(H,18,19)(H,15,17,20). The Morgan fingerprint density at radius 1 is 1.24 bits per heavy atom. The molecule has 118 valence electrons. The lowest BCUT2D eigenvalue weighted by Crippen LogP contribution is -2.45. The first kappa shape index (κ1) is 17.2. The summed E-state index contributed by atoms with van der Waals surface area (Å²) in [5, 5.41) is 11.0. The average Bonchev–Trinajstić information content (AvgIpc) is 2.46. The van der Waals surface area contributed by atoms with Crippen molar-refractivity contribution in [3.63, 3.8) is 0 Å². The Kier molecular flexibility index (Phi) is 6.36. The molecule has 7 heteroatoms. The van der Waals surface area contributed by atoms with Gasteiger partial charge >= 0.3 is 12.0 Å². The zero-order valence-corrected chi connectivity index (χ0v) is 12.6.